The number of ether oxygens (including phenoxy) is 1. The minimum Gasteiger partial charge on any atom is -0.450 e. The van der Waals surface area contributed by atoms with Gasteiger partial charge in [0.15, 0.2) is 0 Å². The van der Waals surface area contributed by atoms with Crippen LogP contribution in [0.25, 0.3) is 0 Å². The van der Waals surface area contributed by atoms with Crippen molar-refractivity contribution < 1.29 is 19.1 Å². The summed E-state index contributed by atoms with van der Waals surface area (Å²) in [7, 11) is 0. The third-order valence-electron chi connectivity index (χ3n) is 3.42. The number of amides is 3. The molecule has 0 spiro atoms. The Hall–Kier alpha value is -1.89. The van der Waals surface area contributed by atoms with E-state index in [0.29, 0.717) is 19.7 Å². The highest BCUT2D eigenvalue weighted by atomic mass is 16.5. The fourth-order valence-electron chi connectivity index (χ4n) is 2.00. The third kappa shape index (κ3) is 10.8. The van der Waals surface area contributed by atoms with Crippen molar-refractivity contribution in [3.05, 3.63) is 12.7 Å². The van der Waals surface area contributed by atoms with Crippen LogP contribution in [0.5, 0.6) is 0 Å². The third-order valence-corrected chi connectivity index (χ3v) is 3.42. The zero-order valence-corrected chi connectivity index (χ0v) is 14.7. The standard InChI is InChI=1S/C17H31N3O4/c1-3-5-14-24-17(23)19-12-10-16(22)20(15(21)4-2)13-9-7-6-8-11-18/h4H,2-3,5-14,18H2,1H3,(H,19,23). The smallest absolute Gasteiger partial charge is 0.407 e. The van der Waals surface area contributed by atoms with Gasteiger partial charge in [0.2, 0.25) is 5.91 Å². The first kappa shape index (κ1) is 22.1. The Bertz CT molecular complexity index is 399. The molecule has 0 aromatic heterocycles. The van der Waals surface area contributed by atoms with Crippen molar-refractivity contribution in [3.8, 4) is 0 Å². The lowest BCUT2D eigenvalue weighted by molar-refractivity contribution is -0.141. The van der Waals surface area contributed by atoms with Gasteiger partial charge in [0.1, 0.15) is 0 Å². The molecule has 0 aliphatic carbocycles. The molecule has 0 aromatic carbocycles. The first-order valence-corrected chi connectivity index (χ1v) is 8.64. The molecule has 3 amide bonds. The Morgan fingerprint density at radius 3 is 2.50 bits per heavy atom. The lowest BCUT2D eigenvalue weighted by Gasteiger charge is -2.19. The summed E-state index contributed by atoms with van der Waals surface area (Å²) in [4.78, 5) is 36.5. The number of rotatable bonds is 13. The van der Waals surface area contributed by atoms with Crippen molar-refractivity contribution in [1.82, 2.24) is 10.2 Å². The number of alkyl carbamates (subject to hydrolysis) is 1. The van der Waals surface area contributed by atoms with E-state index in [-0.39, 0.29) is 18.9 Å². The van der Waals surface area contributed by atoms with Gasteiger partial charge in [-0.05, 0) is 31.9 Å². The molecule has 0 aromatic rings. The zero-order valence-electron chi connectivity index (χ0n) is 14.7. The second-order valence-electron chi connectivity index (χ2n) is 5.46. The summed E-state index contributed by atoms with van der Waals surface area (Å²) in [6, 6.07) is 0. The molecule has 0 fully saturated rings. The predicted octanol–water partition coefficient (Wildman–Crippen LogP) is 1.96. The molecule has 0 aliphatic heterocycles. The minimum absolute atomic E-state index is 0.0469. The quantitative estimate of drug-likeness (QED) is 0.394. The first-order chi connectivity index (χ1) is 11.6. The summed E-state index contributed by atoms with van der Waals surface area (Å²) in [6.07, 6.45) is 5.94. The second kappa shape index (κ2) is 14.7. The Labute approximate surface area is 144 Å². The highest BCUT2D eigenvalue weighted by Crippen LogP contribution is 2.04. The van der Waals surface area contributed by atoms with Crippen molar-refractivity contribution in [2.75, 3.05) is 26.2 Å². The van der Waals surface area contributed by atoms with Crippen LogP contribution in [0.4, 0.5) is 4.79 Å². The lowest BCUT2D eigenvalue weighted by atomic mass is 10.2. The first-order valence-electron chi connectivity index (χ1n) is 8.64. The van der Waals surface area contributed by atoms with Crippen molar-refractivity contribution in [2.45, 2.75) is 51.9 Å². The van der Waals surface area contributed by atoms with Crippen molar-refractivity contribution in [1.29, 1.82) is 0 Å². The second-order valence-corrected chi connectivity index (χ2v) is 5.46. The van der Waals surface area contributed by atoms with Crippen LogP contribution in [0.15, 0.2) is 12.7 Å². The van der Waals surface area contributed by atoms with Crippen LogP contribution in [0, 0.1) is 0 Å². The van der Waals surface area contributed by atoms with Gasteiger partial charge in [0.25, 0.3) is 5.91 Å². The highest BCUT2D eigenvalue weighted by Gasteiger charge is 2.18. The van der Waals surface area contributed by atoms with E-state index in [1.807, 2.05) is 6.92 Å². The fourth-order valence-corrected chi connectivity index (χ4v) is 2.00. The van der Waals surface area contributed by atoms with Crippen LogP contribution in [0.3, 0.4) is 0 Å². The van der Waals surface area contributed by atoms with Gasteiger partial charge in [0, 0.05) is 19.5 Å². The van der Waals surface area contributed by atoms with Crippen molar-refractivity contribution >= 4 is 17.9 Å². The number of unbranched alkanes of at least 4 members (excludes halogenated alkanes) is 4. The number of nitrogens with one attached hydrogen (secondary N) is 1. The molecule has 24 heavy (non-hydrogen) atoms. The van der Waals surface area contributed by atoms with Crippen LogP contribution in [-0.4, -0.2) is 49.0 Å². The maximum atomic E-state index is 12.2. The monoisotopic (exact) mass is 341 g/mol. The van der Waals surface area contributed by atoms with Gasteiger partial charge in [-0.25, -0.2) is 4.79 Å². The normalized spacial score (nSPS) is 10.1. The minimum atomic E-state index is -0.542. The van der Waals surface area contributed by atoms with E-state index in [9.17, 15) is 14.4 Å². The molecule has 0 saturated heterocycles. The largest absolute Gasteiger partial charge is 0.450 e. The van der Waals surface area contributed by atoms with Gasteiger partial charge in [0.05, 0.1) is 6.61 Å². The molecule has 7 nitrogen and oxygen atoms in total. The Balaban J connectivity index is 4.14. The SMILES string of the molecule is C=CC(=O)N(CCCCCCN)C(=O)CCNC(=O)OCCCC. The maximum Gasteiger partial charge on any atom is 0.407 e. The van der Waals surface area contributed by atoms with Gasteiger partial charge in [-0.2, -0.15) is 0 Å². The van der Waals surface area contributed by atoms with E-state index >= 15 is 0 Å². The van der Waals surface area contributed by atoms with Crippen molar-refractivity contribution in [2.24, 2.45) is 5.73 Å². The van der Waals surface area contributed by atoms with E-state index in [1.54, 1.807) is 0 Å². The van der Waals surface area contributed by atoms with Gasteiger partial charge in [-0.15, -0.1) is 0 Å². The van der Waals surface area contributed by atoms with Gasteiger partial charge in [-0.1, -0.05) is 32.8 Å². The van der Waals surface area contributed by atoms with Crippen LogP contribution >= 0.6 is 0 Å². The molecule has 0 heterocycles. The summed E-state index contributed by atoms with van der Waals surface area (Å²) in [5.41, 5.74) is 5.43. The topological polar surface area (TPSA) is 102 Å². The fraction of sp³-hybridized carbons (Fsp3) is 0.706. The predicted molar refractivity (Wildman–Crippen MR) is 93.3 cm³/mol. The van der Waals surface area contributed by atoms with Crippen LogP contribution in [-0.2, 0) is 14.3 Å². The van der Waals surface area contributed by atoms with Gasteiger partial charge in [-0.3, -0.25) is 14.5 Å². The molecule has 0 saturated carbocycles. The number of carbonyl (C=O) groups is 3. The van der Waals surface area contributed by atoms with Crippen LogP contribution < -0.4 is 11.1 Å². The summed E-state index contributed by atoms with van der Waals surface area (Å²) in [6.45, 7) is 6.92. The number of nitrogens with zero attached hydrogens (tertiary/aromatic N) is 1. The Morgan fingerprint density at radius 2 is 1.88 bits per heavy atom. The molecule has 0 radical (unpaired) electrons. The van der Waals surface area contributed by atoms with E-state index in [4.69, 9.17) is 10.5 Å². The number of hydrogen-bond acceptors (Lipinski definition) is 5. The number of nitrogens with two attached hydrogens (primary N) is 1. The van der Waals surface area contributed by atoms with E-state index < -0.39 is 12.0 Å². The molecule has 0 bridgehead atoms. The van der Waals surface area contributed by atoms with Gasteiger partial charge < -0.3 is 15.8 Å². The summed E-state index contributed by atoms with van der Waals surface area (Å²) in [5.74, 6) is -0.739. The average Bonchev–Trinajstić information content (AvgIpc) is 2.57. The zero-order chi connectivity index (χ0) is 18.2. The Morgan fingerprint density at radius 1 is 1.17 bits per heavy atom. The molecular weight excluding hydrogens is 310 g/mol. The molecule has 0 rings (SSSR count). The molecule has 7 heteroatoms. The molecule has 138 valence electrons. The number of carbonyl (C=O) groups excluding carboxylic acids is 3. The molecule has 0 aliphatic rings. The van der Waals surface area contributed by atoms with E-state index in [1.165, 1.54) is 4.90 Å². The van der Waals surface area contributed by atoms with Gasteiger partial charge >= 0.3 is 6.09 Å². The number of hydrogen-bond donors (Lipinski definition) is 2. The summed E-state index contributed by atoms with van der Waals surface area (Å²) in [5, 5.41) is 2.51. The van der Waals surface area contributed by atoms with E-state index in [2.05, 4.69) is 11.9 Å². The molecule has 0 unspecified atom stereocenters. The van der Waals surface area contributed by atoms with Crippen LogP contribution in [0.2, 0.25) is 0 Å². The van der Waals surface area contributed by atoms with Crippen molar-refractivity contribution in [3.63, 3.8) is 0 Å². The molecular formula is C17H31N3O4. The maximum absolute atomic E-state index is 12.2. The highest BCUT2D eigenvalue weighted by molar-refractivity contribution is 6.00. The summed E-state index contributed by atoms with van der Waals surface area (Å²) >= 11 is 0. The summed E-state index contributed by atoms with van der Waals surface area (Å²) < 4.78 is 4.93. The Kier molecular flexibility index (Phi) is 13.5. The lowest BCUT2D eigenvalue weighted by Crippen LogP contribution is -2.38. The molecule has 3 N–H and O–H groups in total. The van der Waals surface area contributed by atoms with Crippen LogP contribution in [0.1, 0.15) is 51.9 Å². The number of imide groups is 1. The average molecular weight is 341 g/mol. The molecule has 0 atom stereocenters. The van der Waals surface area contributed by atoms with E-state index in [0.717, 1.165) is 44.6 Å².